The highest BCUT2D eigenvalue weighted by molar-refractivity contribution is 6.07. The standard InChI is InChI=1S/C15H11F2NO3/c1-8-2-5-12(17)11(6-8)14(19)18-13-7-9(16)3-4-10(13)15(20)21/h2-7H,1H3,(H,18,19)(H,20,21). The van der Waals surface area contributed by atoms with Gasteiger partial charge in [0, 0.05) is 0 Å². The molecule has 0 fully saturated rings. The Bertz CT molecular complexity index is 729. The number of rotatable bonds is 3. The Balaban J connectivity index is 2.38. The average molecular weight is 291 g/mol. The molecule has 0 saturated carbocycles. The summed E-state index contributed by atoms with van der Waals surface area (Å²) in [6.45, 7) is 1.68. The summed E-state index contributed by atoms with van der Waals surface area (Å²) < 4.78 is 26.8. The van der Waals surface area contributed by atoms with E-state index in [1.807, 2.05) is 0 Å². The van der Waals surface area contributed by atoms with Gasteiger partial charge >= 0.3 is 5.97 Å². The third-order valence-electron chi connectivity index (χ3n) is 2.83. The first-order valence-corrected chi connectivity index (χ1v) is 5.99. The minimum atomic E-state index is -1.32. The number of halogens is 2. The molecule has 2 aromatic carbocycles. The minimum absolute atomic E-state index is 0.228. The maximum absolute atomic E-state index is 13.6. The van der Waals surface area contributed by atoms with Crippen LogP contribution < -0.4 is 5.32 Å². The molecule has 0 bridgehead atoms. The van der Waals surface area contributed by atoms with Gasteiger partial charge in [-0.1, -0.05) is 11.6 Å². The van der Waals surface area contributed by atoms with Crippen molar-refractivity contribution in [2.75, 3.05) is 5.32 Å². The maximum atomic E-state index is 13.6. The molecule has 0 atom stereocenters. The summed E-state index contributed by atoms with van der Waals surface area (Å²) in [6.07, 6.45) is 0. The number of nitrogens with one attached hydrogen (secondary N) is 1. The fourth-order valence-electron chi connectivity index (χ4n) is 1.81. The van der Waals surface area contributed by atoms with Crippen LogP contribution in [0, 0.1) is 18.6 Å². The van der Waals surface area contributed by atoms with Gasteiger partial charge in [-0.05, 0) is 37.3 Å². The number of carboxylic acids is 1. The second-order valence-electron chi connectivity index (χ2n) is 4.43. The Morgan fingerprint density at radius 1 is 1.05 bits per heavy atom. The molecule has 2 aromatic rings. The van der Waals surface area contributed by atoms with Crippen molar-refractivity contribution in [3.63, 3.8) is 0 Å². The SMILES string of the molecule is Cc1ccc(F)c(C(=O)Nc2cc(F)ccc2C(=O)O)c1. The number of carbonyl (C=O) groups excluding carboxylic acids is 1. The van der Waals surface area contributed by atoms with Crippen LogP contribution in [-0.4, -0.2) is 17.0 Å². The van der Waals surface area contributed by atoms with Crippen molar-refractivity contribution >= 4 is 17.6 Å². The Morgan fingerprint density at radius 2 is 1.76 bits per heavy atom. The molecule has 4 nitrogen and oxygen atoms in total. The van der Waals surface area contributed by atoms with Crippen molar-refractivity contribution in [2.24, 2.45) is 0 Å². The van der Waals surface area contributed by atoms with E-state index in [0.29, 0.717) is 5.56 Å². The highest BCUT2D eigenvalue weighted by Gasteiger charge is 2.17. The lowest BCUT2D eigenvalue weighted by atomic mass is 10.1. The molecule has 0 spiro atoms. The van der Waals surface area contributed by atoms with Crippen molar-refractivity contribution in [2.45, 2.75) is 6.92 Å². The number of aryl methyl sites for hydroxylation is 1. The van der Waals surface area contributed by atoms with E-state index in [-0.39, 0.29) is 16.8 Å². The number of anilines is 1. The van der Waals surface area contributed by atoms with Gasteiger partial charge in [-0.3, -0.25) is 4.79 Å². The molecule has 0 aromatic heterocycles. The summed E-state index contributed by atoms with van der Waals surface area (Å²) in [4.78, 5) is 23.0. The summed E-state index contributed by atoms with van der Waals surface area (Å²) in [7, 11) is 0. The van der Waals surface area contributed by atoms with E-state index in [9.17, 15) is 18.4 Å². The molecule has 0 aliphatic heterocycles. The van der Waals surface area contributed by atoms with Crippen LogP contribution in [-0.2, 0) is 0 Å². The predicted molar refractivity (Wildman–Crippen MR) is 72.4 cm³/mol. The van der Waals surface area contributed by atoms with Gasteiger partial charge in [-0.15, -0.1) is 0 Å². The van der Waals surface area contributed by atoms with Crippen molar-refractivity contribution in [3.05, 3.63) is 64.7 Å². The Morgan fingerprint density at radius 3 is 2.43 bits per heavy atom. The van der Waals surface area contributed by atoms with Crippen molar-refractivity contribution in [1.29, 1.82) is 0 Å². The smallest absolute Gasteiger partial charge is 0.337 e. The molecule has 2 N–H and O–H groups in total. The fourth-order valence-corrected chi connectivity index (χ4v) is 1.81. The second-order valence-corrected chi connectivity index (χ2v) is 4.43. The number of carbonyl (C=O) groups is 2. The molecule has 0 aliphatic rings. The lowest BCUT2D eigenvalue weighted by Crippen LogP contribution is -2.16. The van der Waals surface area contributed by atoms with Gasteiger partial charge in [-0.2, -0.15) is 0 Å². The highest BCUT2D eigenvalue weighted by atomic mass is 19.1. The minimum Gasteiger partial charge on any atom is -0.478 e. The third-order valence-corrected chi connectivity index (χ3v) is 2.83. The molecule has 0 saturated heterocycles. The molecule has 108 valence electrons. The lowest BCUT2D eigenvalue weighted by molar-refractivity contribution is 0.0698. The van der Waals surface area contributed by atoms with Crippen molar-refractivity contribution in [1.82, 2.24) is 0 Å². The number of amides is 1. The van der Waals surface area contributed by atoms with Crippen LogP contribution in [0.4, 0.5) is 14.5 Å². The largest absolute Gasteiger partial charge is 0.478 e. The van der Waals surface area contributed by atoms with Crippen LogP contribution in [0.2, 0.25) is 0 Å². The second kappa shape index (κ2) is 5.70. The Labute approximate surface area is 119 Å². The van der Waals surface area contributed by atoms with Crippen molar-refractivity contribution in [3.8, 4) is 0 Å². The average Bonchev–Trinajstić information content (AvgIpc) is 2.41. The number of hydrogen-bond acceptors (Lipinski definition) is 2. The molecular formula is C15H11F2NO3. The molecule has 6 heteroatoms. The Kier molecular flexibility index (Phi) is 3.98. The van der Waals surface area contributed by atoms with Crippen LogP contribution in [0.3, 0.4) is 0 Å². The van der Waals surface area contributed by atoms with Gasteiger partial charge in [0.25, 0.3) is 5.91 Å². The Hall–Kier alpha value is -2.76. The van der Waals surface area contributed by atoms with E-state index in [1.54, 1.807) is 6.92 Å². The van der Waals surface area contributed by atoms with Gasteiger partial charge in [0.05, 0.1) is 16.8 Å². The van der Waals surface area contributed by atoms with Gasteiger partial charge in [0.1, 0.15) is 11.6 Å². The molecule has 21 heavy (non-hydrogen) atoms. The van der Waals surface area contributed by atoms with Gasteiger partial charge in [-0.25, -0.2) is 13.6 Å². The van der Waals surface area contributed by atoms with Gasteiger partial charge in [0.15, 0.2) is 0 Å². The lowest BCUT2D eigenvalue weighted by Gasteiger charge is -2.09. The summed E-state index contributed by atoms with van der Waals surface area (Å²) in [5, 5.41) is 11.2. The van der Waals surface area contributed by atoms with E-state index >= 15 is 0 Å². The number of carboxylic acid groups (broad SMARTS) is 1. The van der Waals surface area contributed by atoms with Crippen LogP contribution in [0.5, 0.6) is 0 Å². The molecule has 0 heterocycles. The predicted octanol–water partition coefficient (Wildman–Crippen LogP) is 3.22. The van der Waals surface area contributed by atoms with Crippen LogP contribution in [0.15, 0.2) is 36.4 Å². The zero-order valence-electron chi connectivity index (χ0n) is 11.0. The quantitative estimate of drug-likeness (QED) is 0.912. The molecule has 0 aliphatic carbocycles. The van der Waals surface area contributed by atoms with Crippen LogP contribution >= 0.6 is 0 Å². The molecular weight excluding hydrogens is 280 g/mol. The van der Waals surface area contributed by atoms with Crippen molar-refractivity contribution < 1.29 is 23.5 Å². The first-order valence-electron chi connectivity index (χ1n) is 5.99. The molecule has 2 rings (SSSR count). The summed E-state index contributed by atoms with van der Waals surface area (Å²) in [5.41, 5.74) is -0.0823. The first kappa shape index (κ1) is 14.6. The van der Waals surface area contributed by atoms with E-state index < -0.39 is 23.5 Å². The van der Waals surface area contributed by atoms with E-state index in [4.69, 9.17) is 5.11 Å². The number of aromatic carboxylic acids is 1. The van der Waals surface area contributed by atoms with Crippen LogP contribution in [0.1, 0.15) is 26.3 Å². The summed E-state index contributed by atoms with van der Waals surface area (Å²) >= 11 is 0. The normalized spacial score (nSPS) is 10.2. The zero-order valence-corrected chi connectivity index (χ0v) is 11.0. The van der Waals surface area contributed by atoms with Gasteiger partial charge < -0.3 is 10.4 Å². The summed E-state index contributed by atoms with van der Waals surface area (Å²) in [5.74, 6) is -3.62. The van der Waals surface area contributed by atoms with E-state index in [1.165, 1.54) is 12.1 Å². The topological polar surface area (TPSA) is 66.4 Å². The third kappa shape index (κ3) is 3.22. The monoisotopic (exact) mass is 291 g/mol. The number of benzene rings is 2. The highest BCUT2D eigenvalue weighted by Crippen LogP contribution is 2.19. The summed E-state index contributed by atoms with van der Waals surface area (Å²) in [6, 6.07) is 6.82. The van der Waals surface area contributed by atoms with Crippen LogP contribution in [0.25, 0.3) is 0 Å². The van der Waals surface area contributed by atoms with E-state index in [2.05, 4.69) is 5.32 Å². The van der Waals surface area contributed by atoms with Gasteiger partial charge in [0.2, 0.25) is 0 Å². The zero-order chi connectivity index (χ0) is 15.6. The molecule has 1 amide bonds. The maximum Gasteiger partial charge on any atom is 0.337 e. The first-order chi connectivity index (χ1) is 9.88. The fraction of sp³-hybridized carbons (Fsp3) is 0.0667. The van der Waals surface area contributed by atoms with E-state index in [0.717, 1.165) is 24.3 Å². The molecule has 0 radical (unpaired) electrons. The molecule has 0 unspecified atom stereocenters. The number of hydrogen-bond donors (Lipinski definition) is 2.